The first-order valence-corrected chi connectivity index (χ1v) is 9.52. The Morgan fingerprint density at radius 3 is 2.50 bits per heavy atom. The zero-order valence-electron chi connectivity index (χ0n) is 13.5. The third-order valence-electron chi connectivity index (χ3n) is 4.97. The summed E-state index contributed by atoms with van der Waals surface area (Å²) in [5.74, 6) is -0.450. The minimum atomic E-state index is -0.971. The standard InChI is InChI=1S/C18H22FNO3S/c19-14-8-6-13(7-9-14)17-20(15(11-24-17)18(22)23)16(21)10-5-12-3-1-2-4-12/h6-9,12,15,17H,1-5,10-11H2,(H,22,23). The smallest absolute Gasteiger partial charge is 0.327 e. The lowest BCUT2D eigenvalue weighted by Crippen LogP contribution is -2.43. The predicted molar refractivity (Wildman–Crippen MR) is 91.1 cm³/mol. The molecule has 1 heterocycles. The molecule has 1 aromatic carbocycles. The van der Waals surface area contributed by atoms with Crippen LogP contribution in [-0.4, -0.2) is 33.7 Å². The Bertz CT molecular complexity index is 601. The Balaban J connectivity index is 1.73. The predicted octanol–water partition coefficient (Wildman–Crippen LogP) is 3.82. The Hall–Kier alpha value is -1.56. The minimum Gasteiger partial charge on any atom is -0.480 e. The number of nitrogens with zero attached hydrogens (tertiary/aromatic N) is 1. The number of carbonyl (C=O) groups is 2. The van der Waals surface area contributed by atoms with Crippen molar-refractivity contribution >= 4 is 23.6 Å². The average Bonchev–Trinajstić information content (AvgIpc) is 3.23. The van der Waals surface area contributed by atoms with E-state index in [1.807, 2.05) is 0 Å². The molecule has 1 aliphatic heterocycles. The normalized spacial score (nSPS) is 24.5. The monoisotopic (exact) mass is 351 g/mol. The molecule has 1 amide bonds. The van der Waals surface area contributed by atoms with Crippen LogP contribution in [0, 0.1) is 11.7 Å². The van der Waals surface area contributed by atoms with E-state index < -0.39 is 12.0 Å². The molecule has 4 nitrogen and oxygen atoms in total. The first-order chi connectivity index (χ1) is 11.6. The number of carboxylic acid groups (broad SMARTS) is 1. The number of carboxylic acids is 1. The SMILES string of the molecule is O=C(O)C1CSC(c2ccc(F)cc2)N1C(=O)CCC1CCCC1. The molecule has 1 aromatic rings. The van der Waals surface area contributed by atoms with Crippen LogP contribution >= 0.6 is 11.8 Å². The number of carbonyl (C=O) groups excluding carboxylic acids is 1. The summed E-state index contributed by atoms with van der Waals surface area (Å²) in [6.07, 6.45) is 6.04. The van der Waals surface area contributed by atoms with Crippen LogP contribution in [0.3, 0.4) is 0 Å². The molecule has 1 saturated carbocycles. The lowest BCUT2D eigenvalue weighted by atomic mass is 10.0. The molecule has 2 aliphatic rings. The highest BCUT2D eigenvalue weighted by molar-refractivity contribution is 7.99. The molecule has 2 unspecified atom stereocenters. The first kappa shape index (κ1) is 17.3. The van der Waals surface area contributed by atoms with Gasteiger partial charge < -0.3 is 10.0 Å². The fraction of sp³-hybridized carbons (Fsp3) is 0.556. The molecule has 0 spiro atoms. The molecule has 2 fully saturated rings. The average molecular weight is 351 g/mol. The van der Waals surface area contributed by atoms with Crippen LogP contribution in [0.1, 0.15) is 49.5 Å². The van der Waals surface area contributed by atoms with Gasteiger partial charge in [-0.1, -0.05) is 37.8 Å². The van der Waals surface area contributed by atoms with Gasteiger partial charge in [-0.25, -0.2) is 9.18 Å². The number of halogens is 1. The summed E-state index contributed by atoms with van der Waals surface area (Å²) in [6.45, 7) is 0. The Kier molecular flexibility index (Phi) is 5.43. The van der Waals surface area contributed by atoms with Crippen molar-refractivity contribution < 1.29 is 19.1 Å². The maximum atomic E-state index is 13.1. The molecule has 130 valence electrons. The zero-order valence-corrected chi connectivity index (χ0v) is 14.3. The summed E-state index contributed by atoms with van der Waals surface area (Å²) >= 11 is 1.43. The lowest BCUT2D eigenvalue weighted by molar-refractivity contribution is -0.149. The van der Waals surface area contributed by atoms with Gasteiger partial charge in [-0.05, 0) is 30.0 Å². The summed E-state index contributed by atoms with van der Waals surface area (Å²) in [7, 11) is 0. The largest absolute Gasteiger partial charge is 0.480 e. The van der Waals surface area contributed by atoms with Gasteiger partial charge in [0.1, 0.15) is 17.2 Å². The molecular weight excluding hydrogens is 329 g/mol. The van der Waals surface area contributed by atoms with Crippen molar-refractivity contribution in [3.63, 3.8) is 0 Å². The maximum absolute atomic E-state index is 13.1. The number of amides is 1. The molecule has 0 aromatic heterocycles. The Morgan fingerprint density at radius 1 is 1.21 bits per heavy atom. The van der Waals surface area contributed by atoms with Gasteiger partial charge >= 0.3 is 5.97 Å². The molecule has 0 bridgehead atoms. The van der Waals surface area contributed by atoms with Crippen molar-refractivity contribution in [2.24, 2.45) is 5.92 Å². The molecule has 24 heavy (non-hydrogen) atoms. The summed E-state index contributed by atoms with van der Waals surface area (Å²) in [5.41, 5.74) is 0.777. The van der Waals surface area contributed by atoms with E-state index in [2.05, 4.69) is 0 Å². The van der Waals surface area contributed by atoms with Crippen LogP contribution in [0.5, 0.6) is 0 Å². The summed E-state index contributed by atoms with van der Waals surface area (Å²) in [5, 5.41) is 9.11. The Morgan fingerprint density at radius 2 is 1.88 bits per heavy atom. The van der Waals surface area contributed by atoms with Crippen molar-refractivity contribution in [1.82, 2.24) is 4.90 Å². The molecular formula is C18H22FNO3S. The van der Waals surface area contributed by atoms with E-state index in [9.17, 15) is 19.1 Å². The van der Waals surface area contributed by atoms with E-state index in [1.54, 1.807) is 12.1 Å². The maximum Gasteiger partial charge on any atom is 0.327 e. The second-order valence-corrected chi connectivity index (χ2v) is 7.69. The van der Waals surface area contributed by atoms with E-state index in [0.29, 0.717) is 18.1 Å². The van der Waals surface area contributed by atoms with Gasteiger partial charge in [0, 0.05) is 12.2 Å². The topological polar surface area (TPSA) is 57.6 Å². The van der Waals surface area contributed by atoms with Crippen molar-refractivity contribution in [3.05, 3.63) is 35.6 Å². The minimum absolute atomic E-state index is 0.103. The van der Waals surface area contributed by atoms with Gasteiger partial charge in [-0.15, -0.1) is 11.8 Å². The molecule has 2 atom stereocenters. The van der Waals surface area contributed by atoms with Gasteiger partial charge in [0.05, 0.1) is 0 Å². The highest BCUT2D eigenvalue weighted by atomic mass is 32.2. The number of aliphatic carboxylic acids is 1. The molecule has 1 N–H and O–H groups in total. The summed E-state index contributed by atoms with van der Waals surface area (Å²) in [4.78, 5) is 25.8. The van der Waals surface area contributed by atoms with E-state index in [4.69, 9.17) is 0 Å². The molecule has 0 radical (unpaired) electrons. The van der Waals surface area contributed by atoms with Gasteiger partial charge in [-0.3, -0.25) is 4.79 Å². The number of rotatable bonds is 5. The van der Waals surface area contributed by atoms with Crippen molar-refractivity contribution in [2.45, 2.75) is 49.9 Å². The number of hydrogen-bond donors (Lipinski definition) is 1. The van der Waals surface area contributed by atoms with E-state index >= 15 is 0 Å². The van der Waals surface area contributed by atoms with E-state index in [1.165, 1.54) is 54.5 Å². The third kappa shape index (κ3) is 3.74. The van der Waals surface area contributed by atoms with E-state index in [0.717, 1.165) is 12.0 Å². The fourth-order valence-corrected chi connectivity index (χ4v) is 5.08. The van der Waals surface area contributed by atoms with Crippen molar-refractivity contribution in [2.75, 3.05) is 5.75 Å². The van der Waals surface area contributed by atoms with Gasteiger partial charge in [0.15, 0.2) is 0 Å². The molecule has 1 saturated heterocycles. The van der Waals surface area contributed by atoms with E-state index in [-0.39, 0.29) is 17.1 Å². The lowest BCUT2D eigenvalue weighted by Gasteiger charge is -2.28. The van der Waals surface area contributed by atoms with Crippen LogP contribution in [0.4, 0.5) is 4.39 Å². The fourth-order valence-electron chi connectivity index (χ4n) is 3.64. The zero-order chi connectivity index (χ0) is 17.1. The van der Waals surface area contributed by atoms with Crippen LogP contribution in [0.25, 0.3) is 0 Å². The van der Waals surface area contributed by atoms with Crippen LogP contribution in [0.15, 0.2) is 24.3 Å². The summed E-state index contributed by atoms with van der Waals surface area (Å²) < 4.78 is 13.1. The van der Waals surface area contributed by atoms with Crippen molar-refractivity contribution in [1.29, 1.82) is 0 Å². The molecule has 3 rings (SSSR count). The highest BCUT2D eigenvalue weighted by Gasteiger charge is 2.42. The quantitative estimate of drug-likeness (QED) is 0.876. The van der Waals surface area contributed by atoms with Gasteiger partial charge in [-0.2, -0.15) is 0 Å². The van der Waals surface area contributed by atoms with Crippen LogP contribution in [0.2, 0.25) is 0 Å². The van der Waals surface area contributed by atoms with Gasteiger partial charge in [0.25, 0.3) is 0 Å². The van der Waals surface area contributed by atoms with Crippen molar-refractivity contribution in [3.8, 4) is 0 Å². The second-order valence-electron chi connectivity index (χ2n) is 6.58. The highest BCUT2D eigenvalue weighted by Crippen LogP contribution is 2.42. The van der Waals surface area contributed by atoms with Crippen LogP contribution in [-0.2, 0) is 9.59 Å². The second kappa shape index (κ2) is 7.55. The van der Waals surface area contributed by atoms with Gasteiger partial charge in [0.2, 0.25) is 5.91 Å². The number of thioether (sulfide) groups is 1. The Labute approximate surface area is 145 Å². The number of benzene rings is 1. The molecule has 1 aliphatic carbocycles. The third-order valence-corrected chi connectivity index (χ3v) is 6.29. The molecule has 6 heteroatoms. The first-order valence-electron chi connectivity index (χ1n) is 8.47. The summed E-state index contributed by atoms with van der Waals surface area (Å²) in [6, 6.07) is 5.17. The number of hydrogen-bond acceptors (Lipinski definition) is 3. The van der Waals surface area contributed by atoms with Crippen LogP contribution < -0.4 is 0 Å².